The van der Waals surface area contributed by atoms with E-state index in [-0.39, 0.29) is 31.3 Å². The van der Waals surface area contributed by atoms with Crippen molar-refractivity contribution in [3.63, 3.8) is 0 Å². The highest BCUT2D eigenvalue weighted by Crippen LogP contribution is 2.05. The second-order valence-corrected chi connectivity index (χ2v) is 4.76. The molecule has 0 atom stereocenters. The number of carbonyl (C=O) groups is 3. The first-order valence-corrected chi connectivity index (χ1v) is 6.78. The Morgan fingerprint density at radius 1 is 1.00 bits per heavy atom. The number of rotatable bonds is 8. The summed E-state index contributed by atoms with van der Waals surface area (Å²) in [6.07, 6.45) is 0.797. The lowest BCUT2D eigenvalue weighted by atomic mass is 10.1. The largest absolute Gasteiger partial charge is 0.481 e. The fraction of sp³-hybridized carbons (Fsp3) is 0.400. The molecular formula is C15H20N2O4. The topological polar surface area (TPSA) is 95.5 Å². The van der Waals surface area contributed by atoms with Gasteiger partial charge >= 0.3 is 5.97 Å². The molecule has 0 aliphatic heterocycles. The second kappa shape index (κ2) is 8.73. The van der Waals surface area contributed by atoms with Crippen molar-refractivity contribution in [3.8, 4) is 0 Å². The van der Waals surface area contributed by atoms with Gasteiger partial charge < -0.3 is 15.7 Å². The minimum atomic E-state index is -0.975. The minimum absolute atomic E-state index is 0.0629. The fourth-order valence-corrected chi connectivity index (χ4v) is 1.65. The quantitative estimate of drug-likeness (QED) is 0.655. The van der Waals surface area contributed by atoms with Gasteiger partial charge in [0.2, 0.25) is 11.8 Å². The average Bonchev–Trinajstić information content (AvgIpc) is 2.44. The van der Waals surface area contributed by atoms with E-state index in [1.165, 1.54) is 5.56 Å². The van der Waals surface area contributed by atoms with Crippen LogP contribution in [0.5, 0.6) is 0 Å². The lowest BCUT2D eigenvalue weighted by molar-refractivity contribution is -0.137. The van der Waals surface area contributed by atoms with Gasteiger partial charge in [0.25, 0.3) is 0 Å². The maximum Gasteiger partial charge on any atom is 0.305 e. The fourth-order valence-electron chi connectivity index (χ4n) is 1.65. The number of aliphatic carboxylic acids is 1. The van der Waals surface area contributed by atoms with Crippen LogP contribution in [-0.4, -0.2) is 36.0 Å². The van der Waals surface area contributed by atoms with Crippen LogP contribution in [0.1, 0.15) is 24.0 Å². The Hall–Kier alpha value is -2.37. The van der Waals surface area contributed by atoms with Crippen molar-refractivity contribution >= 4 is 17.8 Å². The molecule has 0 radical (unpaired) electrons. The molecule has 0 bridgehead atoms. The molecule has 1 aromatic carbocycles. The molecule has 0 saturated carbocycles. The third kappa shape index (κ3) is 7.71. The number of hydrogen-bond acceptors (Lipinski definition) is 3. The number of carboxylic acid groups (broad SMARTS) is 1. The molecule has 0 unspecified atom stereocenters. The Kier molecular flexibility index (Phi) is 6.94. The first-order valence-electron chi connectivity index (χ1n) is 6.78. The number of carbonyl (C=O) groups excluding carboxylic acids is 2. The van der Waals surface area contributed by atoms with E-state index in [2.05, 4.69) is 10.6 Å². The molecule has 0 saturated heterocycles. The number of benzene rings is 1. The molecular weight excluding hydrogens is 272 g/mol. The summed E-state index contributed by atoms with van der Waals surface area (Å²) in [6, 6.07) is 7.93. The van der Waals surface area contributed by atoms with Crippen molar-refractivity contribution in [2.24, 2.45) is 0 Å². The van der Waals surface area contributed by atoms with E-state index >= 15 is 0 Å². The van der Waals surface area contributed by atoms with Crippen molar-refractivity contribution in [2.45, 2.75) is 26.2 Å². The lowest BCUT2D eigenvalue weighted by Gasteiger charge is -2.06. The van der Waals surface area contributed by atoms with Gasteiger partial charge in [0.15, 0.2) is 0 Å². The third-order valence-electron chi connectivity index (χ3n) is 2.87. The highest BCUT2D eigenvalue weighted by molar-refractivity contribution is 5.84. The van der Waals surface area contributed by atoms with Crippen molar-refractivity contribution in [1.82, 2.24) is 10.6 Å². The molecule has 6 heteroatoms. The van der Waals surface area contributed by atoms with E-state index in [0.717, 1.165) is 5.56 Å². The number of carboxylic acids is 1. The van der Waals surface area contributed by atoms with Crippen LogP contribution in [0.2, 0.25) is 0 Å². The monoisotopic (exact) mass is 292 g/mol. The Morgan fingerprint density at radius 2 is 1.67 bits per heavy atom. The highest BCUT2D eigenvalue weighted by Gasteiger charge is 2.06. The summed E-state index contributed by atoms with van der Waals surface area (Å²) in [5, 5.41) is 13.3. The predicted molar refractivity (Wildman–Crippen MR) is 77.8 cm³/mol. The number of nitrogens with one attached hydrogen (secondary N) is 2. The van der Waals surface area contributed by atoms with Gasteiger partial charge in [0.1, 0.15) is 0 Å². The van der Waals surface area contributed by atoms with Crippen LogP contribution in [-0.2, 0) is 20.8 Å². The molecule has 6 nitrogen and oxygen atoms in total. The summed E-state index contributed by atoms with van der Waals surface area (Å²) in [4.78, 5) is 33.2. The second-order valence-electron chi connectivity index (χ2n) is 4.76. The van der Waals surface area contributed by atoms with E-state index in [1.54, 1.807) is 0 Å². The molecule has 0 spiro atoms. The standard InChI is InChI=1S/C15H20N2O4/c1-11-2-4-12(5-3-11)6-7-13(18)17-10-14(19)16-9-8-15(20)21/h2-5H,6-10H2,1H3,(H,16,19)(H,17,18)(H,20,21). The molecule has 114 valence electrons. The zero-order valence-electron chi connectivity index (χ0n) is 12.0. The number of amides is 2. The molecule has 1 aromatic rings. The van der Waals surface area contributed by atoms with Crippen LogP contribution in [0, 0.1) is 6.92 Å². The van der Waals surface area contributed by atoms with Crippen molar-refractivity contribution in [1.29, 1.82) is 0 Å². The molecule has 0 aliphatic rings. The van der Waals surface area contributed by atoms with E-state index in [0.29, 0.717) is 12.8 Å². The molecule has 3 N–H and O–H groups in total. The first kappa shape index (κ1) is 16.7. The molecule has 2 amide bonds. The summed E-state index contributed by atoms with van der Waals surface area (Å²) in [5.41, 5.74) is 2.24. The zero-order valence-corrected chi connectivity index (χ0v) is 12.0. The van der Waals surface area contributed by atoms with E-state index in [1.807, 2.05) is 31.2 Å². The number of hydrogen-bond donors (Lipinski definition) is 3. The summed E-state index contributed by atoms with van der Waals surface area (Å²) < 4.78 is 0. The Morgan fingerprint density at radius 3 is 2.29 bits per heavy atom. The number of aryl methyl sites for hydroxylation is 2. The lowest BCUT2D eigenvalue weighted by Crippen LogP contribution is -2.37. The van der Waals surface area contributed by atoms with Gasteiger partial charge in [-0.05, 0) is 18.9 Å². The van der Waals surface area contributed by atoms with Crippen LogP contribution < -0.4 is 10.6 Å². The molecule has 0 heterocycles. The normalized spacial score (nSPS) is 9.95. The minimum Gasteiger partial charge on any atom is -0.481 e. The molecule has 1 rings (SSSR count). The van der Waals surface area contributed by atoms with Crippen LogP contribution >= 0.6 is 0 Å². The van der Waals surface area contributed by atoms with Gasteiger partial charge in [-0.25, -0.2) is 0 Å². The van der Waals surface area contributed by atoms with E-state index in [4.69, 9.17) is 5.11 Å². The summed E-state index contributed by atoms with van der Waals surface area (Å²) in [6.45, 7) is 1.93. The van der Waals surface area contributed by atoms with Crippen LogP contribution in [0.3, 0.4) is 0 Å². The SMILES string of the molecule is Cc1ccc(CCC(=O)NCC(=O)NCCC(=O)O)cc1. The molecule has 21 heavy (non-hydrogen) atoms. The average molecular weight is 292 g/mol. The van der Waals surface area contributed by atoms with Crippen molar-refractivity contribution in [3.05, 3.63) is 35.4 Å². The van der Waals surface area contributed by atoms with Gasteiger partial charge in [0, 0.05) is 13.0 Å². The van der Waals surface area contributed by atoms with Crippen molar-refractivity contribution in [2.75, 3.05) is 13.1 Å². The first-order chi connectivity index (χ1) is 9.97. The smallest absolute Gasteiger partial charge is 0.305 e. The highest BCUT2D eigenvalue weighted by atomic mass is 16.4. The van der Waals surface area contributed by atoms with Gasteiger partial charge in [-0.2, -0.15) is 0 Å². The van der Waals surface area contributed by atoms with Gasteiger partial charge in [0.05, 0.1) is 13.0 Å². The van der Waals surface area contributed by atoms with Gasteiger partial charge in [-0.3, -0.25) is 14.4 Å². The van der Waals surface area contributed by atoms with Crippen LogP contribution in [0.25, 0.3) is 0 Å². The Bertz CT molecular complexity index is 497. The molecule has 0 fully saturated rings. The van der Waals surface area contributed by atoms with Crippen LogP contribution in [0.4, 0.5) is 0 Å². The maximum absolute atomic E-state index is 11.6. The summed E-state index contributed by atoms with van der Waals surface area (Å²) in [7, 11) is 0. The van der Waals surface area contributed by atoms with Crippen molar-refractivity contribution < 1.29 is 19.5 Å². The van der Waals surface area contributed by atoms with Gasteiger partial charge in [-0.15, -0.1) is 0 Å². The van der Waals surface area contributed by atoms with Gasteiger partial charge in [-0.1, -0.05) is 29.8 Å². The third-order valence-corrected chi connectivity index (χ3v) is 2.87. The Balaban J connectivity index is 2.17. The Labute approximate surface area is 123 Å². The van der Waals surface area contributed by atoms with Crippen LogP contribution in [0.15, 0.2) is 24.3 Å². The van der Waals surface area contributed by atoms with E-state index in [9.17, 15) is 14.4 Å². The summed E-state index contributed by atoms with van der Waals surface area (Å²) in [5.74, 6) is -1.57. The van der Waals surface area contributed by atoms with E-state index < -0.39 is 5.97 Å². The maximum atomic E-state index is 11.6. The summed E-state index contributed by atoms with van der Waals surface area (Å²) >= 11 is 0. The molecule has 0 aliphatic carbocycles. The zero-order chi connectivity index (χ0) is 15.7. The molecule has 0 aromatic heterocycles. The predicted octanol–water partition coefficient (Wildman–Crippen LogP) is 0.635.